The highest BCUT2D eigenvalue weighted by atomic mass is 16.6. The number of Topliss-reactive ketones (excluding diaryl/α,β-unsaturated/α-hetero) is 1. The number of esters is 1. The van der Waals surface area contributed by atoms with Crippen LogP contribution in [0.2, 0.25) is 0 Å². The molecule has 1 N–H and O–H groups in total. The van der Waals surface area contributed by atoms with Crippen molar-refractivity contribution in [1.82, 2.24) is 5.32 Å². The molecule has 1 aliphatic carbocycles. The van der Waals surface area contributed by atoms with E-state index in [4.69, 9.17) is 14.2 Å². The average Bonchev–Trinajstić information content (AvgIpc) is 3.44. The number of allylic oxidation sites excluding steroid dienone is 3. The predicted molar refractivity (Wildman–Crippen MR) is 139 cm³/mol. The van der Waals surface area contributed by atoms with Crippen molar-refractivity contribution in [1.29, 1.82) is 0 Å². The van der Waals surface area contributed by atoms with E-state index in [2.05, 4.69) is 5.32 Å². The molecule has 2 aromatic carbocycles. The van der Waals surface area contributed by atoms with Crippen LogP contribution in [0.25, 0.3) is 0 Å². The summed E-state index contributed by atoms with van der Waals surface area (Å²) in [6, 6.07) is 13.7. The monoisotopic (exact) mass is 518 g/mol. The van der Waals surface area contributed by atoms with E-state index in [0.29, 0.717) is 35.4 Å². The second kappa shape index (κ2) is 10.8. The van der Waals surface area contributed by atoms with E-state index in [1.54, 1.807) is 26.2 Å². The second-order valence-corrected chi connectivity index (χ2v) is 9.84. The third-order valence-electron chi connectivity index (χ3n) is 7.49. The van der Waals surface area contributed by atoms with Gasteiger partial charge < -0.3 is 19.5 Å². The number of ketones is 1. The first-order valence-electron chi connectivity index (χ1n) is 12.8. The number of methoxy groups -OCH3 is 1. The van der Waals surface area contributed by atoms with Crippen LogP contribution in [0.5, 0.6) is 5.75 Å². The van der Waals surface area contributed by atoms with Gasteiger partial charge in [-0.05, 0) is 43.4 Å². The summed E-state index contributed by atoms with van der Waals surface area (Å²) in [7, 11) is 1.61. The molecular weight excluding hydrogens is 488 g/mol. The molecule has 9 nitrogen and oxygen atoms in total. The van der Waals surface area contributed by atoms with Gasteiger partial charge in [0, 0.05) is 54.0 Å². The van der Waals surface area contributed by atoms with Crippen LogP contribution in [0.4, 0.5) is 5.69 Å². The molecule has 3 aliphatic rings. The fourth-order valence-electron chi connectivity index (χ4n) is 5.68. The maximum atomic E-state index is 13.8. The van der Waals surface area contributed by atoms with Crippen molar-refractivity contribution in [2.24, 2.45) is 0 Å². The fourth-order valence-corrected chi connectivity index (χ4v) is 5.68. The minimum atomic E-state index is -0.699. The van der Waals surface area contributed by atoms with Crippen LogP contribution in [-0.4, -0.2) is 43.1 Å². The predicted octanol–water partition coefficient (Wildman–Crippen LogP) is 4.69. The van der Waals surface area contributed by atoms with E-state index < -0.39 is 16.8 Å². The second-order valence-electron chi connectivity index (χ2n) is 9.84. The van der Waals surface area contributed by atoms with Crippen molar-refractivity contribution in [3.8, 4) is 5.75 Å². The number of carbonyl (C=O) groups is 2. The molecule has 0 bridgehead atoms. The zero-order valence-electron chi connectivity index (χ0n) is 21.4. The number of rotatable bonds is 7. The Morgan fingerprint density at radius 2 is 1.92 bits per heavy atom. The largest absolute Gasteiger partial charge is 0.496 e. The Morgan fingerprint density at radius 3 is 2.61 bits per heavy atom. The Bertz CT molecular complexity index is 1320. The number of hydrogen-bond donors (Lipinski definition) is 1. The number of nitrogens with one attached hydrogen (secondary N) is 1. The zero-order chi connectivity index (χ0) is 26.8. The molecule has 38 heavy (non-hydrogen) atoms. The van der Waals surface area contributed by atoms with Gasteiger partial charge in [-0.25, -0.2) is 4.79 Å². The number of ether oxygens (including phenoxy) is 3. The first-order chi connectivity index (χ1) is 18.4. The lowest BCUT2D eigenvalue weighted by Gasteiger charge is -2.37. The van der Waals surface area contributed by atoms with Gasteiger partial charge in [0.15, 0.2) is 5.78 Å². The number of nitrogens with zero attached hydrogens (tertiary/aromatic N) is 1. The molecule has 2 aliphatic heterocycles. The molecule has 1 saturated heterocycles. The van der Waals surface area contributed by atoms with Crippen molar-refractivity contribution in [2.45, 2.75) is 50.5 Å². The summed E-state index contributed by atoms with van der Waals surface area (Å²) in [5.41, 5.74) is 3.68. The van der Waals surface area contributed by atoms with Crippen molar-refractivity contribution >= 4 is 17.4 Å². The summed E-state index contributed by atoms with van der Waals surface area (Å²) in [5.74, 6) is -0.684. The molecule has 1 fully saturated rings. The van der Waals surface area contributed by atoms with E-state index in [1.165, 1.54) is 12.1 Å². The van der Waals surface area contributed by atoms with Crippen LogP contribution in [0.15, 0.2) is 71.1 Å². The summed E-state index contributed by atoms with van der Waals surface area (Å²) in [5, 5.41) is 14.6. The average molecular weight is 519 g/mol. The molecule has 5 rings (SSSR count). The van der Waals surface area contributed by atoms with E-state index in [1.807, 2.05) is 24.3 Å². The number of nitro groups is 1. The van der Waals surface area contributed by atoms with Gasteiger partial charge in [0.1, 0.15) is 12.4 Å². The number of para-hydroxylation sites is 1. The molecule has 198 valence electrons. The normalized spacial score (nSPS) is 23.1. The van der Waals surface area contributed by atoms with Gasteiger partial charge >= 0.3 is 5.97 Å². The minimum absolute atomic E-state index is 0.0636. The highest BCUT2D eigenvalue weighted by molar-refractivity contribution is 6.04. The van der Waals surface area contributed by atoms with Gasteiger partial charge in [-0.3, -0.25) is 14.9 Å². The molecule has 0 radical (unpaired) electrons. The van der Waals surface area contributed by atoms with Crippen LogP contribution in [0, 0.1) is 10.1 Å². The van der Waals surface area contributed by atoms with E-state index in [-0.39, 0.29) is 36.5 Å². The lowest BCUT2D eigenvalue weighted by Crippen LogP contribution is -2.36. The van der Waals surface area contributed by atoms with Crippen molar-refractivity contribution in [2.75, 3.05) is 20.3 Å². The molecule has 0 amide bonds. The fraction of sp³-hybridized carbons (Fsp3) is 0.379. The van der Waals surface area contributed by atoms with Crippen molar-refractivity contribution < 1.29 is 28.7 Å². The Morgan fingerprint density at radius 1 is 1.16 bits per heavy atom. The molecule has 0 saturated carbocycles. The van der Waals surface area contributed by atoms with Gasteiger partial charge in [0.05, 0.1) is 23.7 Å². The van der Waals surface area contributed by atoms with Crippen molar-refractivity contribution in [3.63, 3.8) is 0 Å². The quantitative estimate of drug-likeness (QED) is 0.319. The van der Waals surface area contributed by atoms with Crippen LogP contribution in [-0.2, 0) is 19.1 Å². The standard InChI is InChI=1S/C29H30N2O7/c1-17-26(29(33)38-16-21-6-5-13-37-21)27(18-9-11-20(12-10-18)31(34)35)28-23(30-17)14-19(15-24(28)32)22-7-3-4-8-25(22)36-2/h3-4,7-12,19,21,27,30H,5-6,13-16H2,1-2H3/t19-,21+,27-/m0/s1. The van der Waals surface area contributed by atoms with Gasteiger partial charge in [-0.1, -0.05) is 30.3 Å². The van der Waals surface area contributed by atoms with Gasteiger partial charge in [0.2, 0.25) is 0 Å². The maximum Gasteiger partial charge on any atom is 0.336 e. The molecular formula is C29H30N2O7. The molecule has 2 heterocycles. The summed E-state index contributed by atoms with van der Waals surface area (Å²) in [6.45, 7) is 2.58. The third kappa shape index (κ3) is 4.93. The Balaban J connectivity index is 1.52. The highest BCUT2D eigenvalue weighted by Crippen LogP contribution is 2.47. The summed E-state index contributed by atoms with van der Waals surface area (Å²) >= 11 is 0. The SMILES string of the molecule is COc1ccccc1[C@@H]1CC(=O)C2=C(C1)NC(C)=C(C(=O)OC[C@H]1CCCO1)[C@@H]2c1ccc([N+](=O)[O-])cc1. The summed E-state index contributed by atoms with van der Waals surface area (Å²) < 4.78 is 16.8. The van der Waals surface area contributed by atoms with Crippen LogP contribution < -0.4 is 10.1 Å². The third-order valence-corrected chi connectivity index (χ3v) is 7.49. The number of dihydropyridines is 1. The first-order valence-corrected chi connectivity index (χ1v) is 12.8. The van der Waals surface area contributed by atoms with Crippen LogP contribution in [0.3, 0.4) is 0 Å². The Hall–Kier alpha value is -3.98. The van der Waals surface area contributed by atoms with Gasteiger partial charge in [-0.15, -0.1) is 0 Å². The van der Waals surface area contributed by atoms with Gasteiger partial charge in [0.25, 0.3) is 5.69 Å². The number of non-ortho nitro benzene ring substituents is 1. The minimum Gasteiger partial charge on any atom is -0.496 e. The van der Waals surface area contributed by atoms with E-state index >= 15 is 0 Å². The molecule has 3 atom stereocenters. The lowest BCUT2D eigenvalue weighted by molar-refractivity contribution is -0.384. The molecule has 9 heteroatoms. The Labute approximate surface area is 220 Å². The number of hydrogen-bond acceptors (Lipinski definition) is 8. The molecule has 0 unspecified atom stereocenters. The van der Waals surface area contributed by atoms with Crippen LogP contribution >= 0.6 is 0 Å². The number of nitro benzene ring substituents is 1. The lowest BCUT2D eigenvalue weighted by atomic mass is 9.71. The Kier molecular flexibility index (Phi) is 7.28. The summed E-state index contributed by atoms with van der Waals surface area (Å²) in [4.78, 5) is 38.0. The highest BCUT2D eigenvalue weighted by Gasteiger charge is 2.42. The van der Waals surface area contributed by atoms with Gasteiger partial charge in [-0.2, -0.15) is 0 Å². The molecule has 0 spiro atoms. The van der Waals surface area contributed by atoms with E-state index in [0.717, 1.165) is 29.9 Å². The topological polar surface area (TPSA) is 117 Å². The van der Waals surface area contributed by atoms with E-state index in [9.17, 15) is 19.7 Å². The number of carbonyl (C=O) groups excluding carboxylic acids is 2. The molecule has 2 aromatic rings. The first kappa shape index (κ1) is 25.7. The summed E-state index contributed by atoms with van der Waals surface area (Å²) in [6.07, 6.45) is 2.42. The number of benzene rings is 2. The maximum absolute atomic E-state index is 13.8. The van der Waals surface area contributed by atoms with Crippen molar-refractivity contribution in [3.05, 3.63) is 92.3 Å². The molecule has 0 aromatic heterocycles. The zero-order valence-corrected chi connectivity index (χ0v) is 21.4. The smallest absolute Gasteiger partial charge is 0.336 e. The van der Waals surface area contributed by atoms with Crippen LogP contribution in [0.1, 0.15) is 55.6 Å².